The zero-order chi connectivity index (χ0) is 13.1. The fourth-order valence-corrected chi connectivity index (χ4v) is 1.97. The van der Waals surface area contributed by atoms with E-state index in [0.29, 0.717) is 11.3 Å². The number of amides is 1. The number of aryl methyl sites for hydroxylation is 2. The molecule has 0 spiro atoms. The van der Waals surface area contributed by atoms with E-state index >= 15 is 0 Å². The summed E-state index contributed by atoms with van der Waals surface area (Å²) in [5.74, 6) is -0.181. The Morgan fingerprint density at radius 3 is 2.72 bits per heavy atom. The second kappa shape index (κ2) is 5.27. The Morgan fingerprint density at radius 1 is 1.28 bits per heavy atom. The highest BCUT2D eigenvalue weighted by Crippen LogP contribution is 2.15. The maximum absolute atomic E-state index is 12.1. The number of nitrogens with zero attached hydrogens (tertiary/aromatic N) is 2. The molecule has 2 heterocycles. The summed E-state index contributed by atoms with van der Waals surface area (Å²) in [6.45, 7) is 3.72. The number of pyridine rings is 2. The van der Waals surface area contributed by atoms with Crippen LogP contribution in [0, 0.1) is 13.8 Å². The van der Waals surface area contributed by atoms with Gasteiger partial charge in [-0.1, -0.05) is 0 Å². The first-order valence-corrected chi connectivity index (χ1v) is 6.22. The maximum atomic E-state index is 12.1. The molecule has 2 aromatic rings. The van der Waals surface area contributed by atoms with Crippen LogP contribution in [0.25, 0.3) is 0 Å². The van der Waals surface area contributed by atoms with Gasteiger partial charge in [-0.05, 0) is 48.0 Å². The van der Waals surface area contributed by atoms with E-state index in [2.05, 4.69) is 31.2 Å². The summed E-state index contributed by atoms with van der Waals surface area (Å²) in [5.41, 5.74) is 2.83. The van der Waals surface area contributed by atoms with Crippen LogP contribution < -0.4 is 5.32 Å². The molecular formula is C13H12BrN3O. The number of aromatic nitrogens is 2. The van der Waals surface area contributed by atoms with Gasteiger partial charge in [0, 0.05) is 16.4 Å². The lowest BCUT2D eigenvalue weighted by molar-refractivity contribution is 0.102. The Bertz CT molecular complexity index is 599. The molecule has 2 rings (SSSR count). The second-order valence-corrected chi connectivity index (χ2v) is 4.85. The lowest BCUT2D eigenvalue weighted by atomic mass is 10.1. The van der Waals surface area contributed by atoms with Crippen molar-refractivity contribution in [1.29, 1.82) is 0 Å². The van der Waals surface area contributed by atoms with Gasteiger partial charge in [-0.25, -0.2) is 0 Å². The van der Waals surface area contributed by atoms with E-state index in [9.17, 15) is 4.79 Å². The van der Waals surface area contributed by atoms with E-state index in [4.69, 9.17) is 0 Å². The van der Waals surface area contributed by atoms with Crippen LogP contribution in [0.3, 0.4) is 0 Å². The maximum Gasteiger partial charge on any atom is 0.257 e. The first-order valence-electron chi connectivity index (χ1n) is 5.42. The Morgan fingerprint density at radius 2 is 2.06 bits per heavy atom. The molecule has 0 saturated heterocycles. The predicted octanol–water partition coefficient (Wildman–Crippen LogP) is 3.11. The van der Waals surface area contributed by atoms with Crippen molar-refractivity contribution in [3.8, 4) is 0 Å². The number of hydrogen-bond acceptors (Lipinski definition) is 3. The van der Waals surface area contributed by atoms with E-state index in [1.807, 2.05) is 19.9 Å². The Balaban J connectivity index is 2.22. The van der Waals surface area contributed by atoms with Crippen molar-refractivity contribution < 1.29 is 4.79 Å². The number of anilines is 1. The van der Waals surface area contributed by atoms with E-state index in [1.54, 1.807) is 24.5 Å². The van der Waals surface area contributed by atoms with Gasteiger partial charge in [-0.3, -0.25) is 14.8 Å². The number of rotatable bonds is 2. The lowest BCUT2D eigenvalue weighted by Gasteiger charge is -2.07. The molecule has 0 unspecified atom stereocenters. The zero-order valence-electron chi connectivity index (χ0n) is 10.1. The van der Waals surface area contributed by atoms with Gasteiger partial charge in [-0.2, -0.15) is 0 Å². The van der Waals surface area contributed by atoms with Gasteiger partial charge in [0.1, 0.15) is 0 Å². The van der Waals surface area contributed by atoms with Gasteiger partial charge in [0.15, 0.2) is 0 Å². The summed E-state index contributed by atoms with van der Waals surface area (Å²) in [6.07, 6.45) is 3.26. The first kappa shape index (κ1) is 12.7. The number of hydrogen-bond donors (Lipinski definition) is 1. The first-order chi connectivity index (χ1) is 8.56. The SMILES string of the molecule is Cc1ccc(C(=O)Nc2cncc(Br)c2)c(C)n1. The standard InChI is InChI=1S/C13H12BrN3O/c1-8-3-4-12(9(2)16-8)13(18)17-11-5-10(14)6-15-7-11/h3-7H,1-2H3,(H,17,18). The van der Waals surface area contributed by atoms with Crippen molar-refractivity contribution in [3.05, 3.63) is 52.0 Å². The molecule has 0 aliphatic carbocycles. The third-order valence-electron chi connectivity index (χ3n) is 2.43. The highest BCUT2D eigenvalue weighted by molar-refractivity contribution is 9.10. The van der Waals surface area contributed by atoms with Crippen LogP contribution in [0.4, 0.5) is 5.69 Å². The summed E-state index contributed by atoms with van der Waals surface area (Å²) in [5, 5.41) is 2.79. The van der Waals surface area contributed by atoms with Gasteiger partial charge in [0.25, 0.3) is 5.91 Å². The molecule has 0 aliphatic heterocycles. The summed E-state index contributed by atoms with van der Waals surface area (Å²) in [6, 6.07) is 5.39. The number of nitrogens with one attached hydrogen (secondary N) is 1. The molecule has 2 aromatic heterocycles. The molecule has 4 nitrogen and oxygen atoms in total. The van der Waals surface area contributed by atoms with Crippen molar-refractivity contribution in [2.45, 2.75) is 13.8 Å². The predicted molar refractivity (Wildman–Crippen MR) is 73.6 cm³/mol. The summed E-state index contributed by atoms with van der Waals surface area (Å²) in [4.78, 5) is 20.3. The molecule has 0 aromatic carbocycles. The average Bonchev–Trinajstić information content (AvgIpc) is 2.28. The van der Waals surface area contributed by atoms with Crippen molar-refractivity contribution in [1.82, 2.24) is 9.97 Å². The van der Waals surface area contributed by atoms with E-state index in [0.717, 1.165) is 15.9 Å². The van der Waals surface area contributed by atoms with Crippen molar-refractivity contribution in [3.63, 3.8) is 0 Å². The molecule has 92 valence electrons. The van der Waals surface area contributed by atoms with Crippen LogP contribution >= 0.6 is 15.9 Å². The van der Waals surface area contributed by atoms with Gasteiger partial charge in [-0.15, -0.1) is 0 Å². The molecule has 0 radical (unpaired) electrons. The third-order valence-corrected chi connectivity index (χ3v) is 2.87. The minimum Gasteiger partial charge on any atom is -0.320 e. The quantitative estimate of drug-likeness (QED) is 0.927. The fraction of sp³-hybridized carbons (Fsp3) is 0.154. The zero-order valence-corrected chi connectivity index (χ0v) is 11.7. The minimum atomic E-state index is -0.181. The molecule has 0 bridgehead atoms. The largest absolute Gasteiger partial charge is 0.320 e. The van der Waals surface area contributed by atoms with Gasteiger partial charge in [0.2, 0.25) is 0 Å². The highest BCUT2D eigenvalue weighted by atomic mass is 79.9. The molecule has 1 N–H and O–H groups in total. The third kappa shape index (κ3) is 2.92. The minimum absolute atomic E-state index is 0.181. The van der Waals surface area contributed by atoms with Crippen LogP contribution in [0.2, 0.25) is 0 Å². The fourth-order valence-electron chi connectivity index (χ4n) is 1.61. The van der Waals surface area contributed by atoms with Crippen LogP contribution in [-0.2, 0) is 0 Å². The summed E-state index contributed by atoms with van der Waals surface area (Å²) in [7, 11) is 0. The molecule has 0 fully saturated rings. The highest BCUT2D eigenvalue weighted by Gasteiger charge is 2.10. The molecule has 0 aliphatic rings. The topological polar surface area (TPSA) is 54.9 Å². The lowest BCUT2D eigenvalue weighted by Crippen LogP contribution is -2.14. The van der Waals surface area contributed by atoms with Crippen LogP contribution in [-0.4, -0.2) is 15.9 Å². The van der Waals surface area contributed by atoms with Gasteiger partial charge in [0.05, 0.1) is 23.1 Å². The van der Waals surface area contributed by atoms with Gasteiger partial charge < -0.3 is 5.32 Å². The summed E-state index contributed by atoms with van der Waals surface area (Å²) < 4.78 is 0.819. The van der Waals surface area contributed by atoms with Crippen molar-refractivity contribution >= 4 is 27.5 Å². The van der Waals surface area contributed by atoms with Crippen molar-refractivity contribution in [2.24, 2.45) is 0 Å². The van der Waals surface area contributed by atoms with Crippen molar-refractivity contribution in [2.75, 3.05) is 5.32 Å². The number of halogens is 1. The normalized spacial score (nSPS) is 10.2. The summed E-state index contributed by atoms with van der Waals surface area (Å²) >= 11 is 3.31. The van der Waals surface area contributed by atoms with Crippen LogP contribution in [0.15, 0.2) is 35.1 Å². The Labute approximate surface area is 114 Å². The Hall–Kier alpha value is -1.75. The molecule has 0 saturated carbocycles. The number of carbonyl (C=O) groups is 1. The average molecular weight is 306 g/mol. The molecule has 18 heavy (non-hydrogen) atoms. The Kier molecular flexibility index (Phi) is 3.72. The van der Waals surface area contributed by atoms with Crippen LogP contribution in [0.1, 0.15) is 21.7 Å². The molecule has 0 atom stereocenters. The number of carbonyl (C=O) groups excluding carboxylic acids is 1. The van der Waals surface area contributed by atoms with E-state index in [1.165, 1.54) is 0 Å². The molecule has 1 amide bonds. The second-order valence-electron chi connectivity index (χ2n) is 3.93. The smallest absolute Gasteiger partial charge is 0.257 e. The monoisotopic (exact) mass is 305 g/mol. The van der Waals surface area contributed by atoms with E-state index in [-0.39, 0.29) is 5.91 Å². The van der Waals surface area contributed by atoms with Crippen LogP contribution in [0.5, 0.6) is 0 Å². The van der Waals surface area contributed by atoms with Gasteiger partial charge >= 0.3 is 0 Å². The molecule has 5 heteroatoms. The van der Waals surface area contributed by atoms with E-state index < -0.39 is 0 Å². The molecular weight excluding hydrogens is 294 g/mol.